The number of carbonyl (C=O) groups is 6. The number of fused-ring (bicyclic) bond motifs is 1. The van der Waals surface area contributed by atoms with Crippen molar-refractivity contribution in [3.8, 4) is 0 Å². The predicted octanol–water partition coefficient (Wildman–Crippen LogP) is 2.67. The van der Waals surface area contributed by atoms with E-state index >= 15 is 0 Å². The average Bonchev–Trinajstić information content (AvgIpc) is 3.33. The van der Waals surface area contributed by atoms with Crippen molar-refractivity contribution in [1.82, 2.24) is 25.8 Å². The van der Waals surface area contributed by atoms with Crippen molar-refractivity contribution in [2.24, 2.45) is 5.73 Å². The van der Waals surface area contributed by atoms with Crippen LogP contribution in [0, 0.1) is 0 Å². The second-order valence-corrected chi connectivity index (χ2v) is 12.4. The number of nitrogens with two attached hydrogens (primary N) is 1. The van der Waals surface area contributed by atoms with E-state index in [1.54, 1.807) is 13.8 Å². The van der Waals surface area contributed by atoms with Crippen molar-refractivity contribution in [3.63, 3.8) is 0 Å². The number of amides is 5. The molecule has 0 saturated heterocycles. The molecule has 0 aliphatic heterocycles. The third kappa shape index (κ3) is 13.8. The number of carboxylic acid groups (broad SMARTS) is 1. The zero-order valence-corrected chi connectivity index (χ0v) is 28.1. The highest BCUT2D eigenvalue weighted by Crippen LogP contribution is 2.24. The maximum Gasteiger partial charge on any atom is 0.305 e. The van der Waals surface area contributed by atoms with Crippen molar-refractivity contribution < 1.29 is 33.9 Å². The van der Waals surface area contributed by atoms with Crippen LogP contribution in [0.5, 0.6) is 0 Å². The Balaban J connectivity index is 2.22. The average molecular weight is 657 g/mol. The minimum Gasteiger partial charge on any atom is -0.481 e. The summed E-state index contributed by atoms with van der Waals surface area (Å²) in [6.45, 7) is 7.62. The van der Waals surface area contributed by atoms with E-state index < -0.39 is 66.5 Å². The molecule has 13 nitrogen and oxygen atoms in total. The molecule has 0 spiro atoms. The van der Waals surface area contributed by atoms with Gasteiger partial charge < -0.3 is 36.7 Å². The first kappa shape index (κ1) is 38.8. The summed E-state index contributed by atoms with van der Waals surface area (Å²) >= 11 is 0. The van der Waals surface area contributed by atoms with Crippen LogP contribution in [0.4, 0.5) is 0 Å². The lowest BCUT2D eigenvalue weighted by Crippen LogP contribution is -2.58. The Morgan fingerprint density at radius 2 is 1.32 bits per heavy atom. The summed E-state index contributed by atoms with van der Waals surface area (Å²) in [6, 6.07) is 3.37. The number of carboxylic acids is 1. The van der Waals surface area contributed by atoms with E-state index in [9.17, 15) is 33.9 Å². The van der Waals surface area contributed by atoms with Crippen LogP contribution in [0.3, 0.4) is 0 Å². The van der Waals surface area contributed by atoms with Gasteiger partial charge >= 0.3 is 5.97 Å². The fourth-order valence-corrected chi connectivity index (χ4v) is 5.49. The fraction of sp³-hybridized carbons (Fsp3) is 0.588. The lowest BCUT2D eigenvalue weighted by molar-refractivity contribution is -0.141. The molecule has 47 heavy (non-hydrogen) atoms. The van der Waals surface area contributed by atoms with Crippen LogP contribution in [0.1, 0.15) is 97.5 Å². The number of benzene rings is 1. The highest BCUT2D eigenvalue weighted by molar-refractivity contribution is 5.97. The molecule has 1 heterocycles. The molecule has 3 unspecified atom stereocenters. The molecule has 0 fully saturated rings. The normalized spacial score (nSPS) is 13.0. The van der Waals surface area contributed by atoms with Crippen LogP contribution >= 0.6 is 0 Å². The first-order valence-electron chi connectivity index (χ1n) is 16.6. The number of unbranched alkanes of at least 4 members (excludes halogenated alkanes) is 7. The molecule has 260 valence electrons. The second kappa shape index (κ2) is 20.0. The van der Waals surface area contributed by atoms with Crippen LogP contribution in [0.15, 0.2) is 30.5 Å². The number of aryl methyl sites for hydroxylation is 1. The van der Waals surface area contributed by atoms with Crippen LogP contribution < -0.4 is 27.0 Å². The highest BCUT2D eigenvalue weighted by atomic mass is 16.4. The topological polar surface area (TPSA) is 202 Å². The number of rotatable bonds is 22. The van der Waals surface area contributed by atoms with Gasteiger partial charge in [0.1, 0.15) is 18.1 Å². The Labute approximate surface area is 276 Å². The predicted molar refractivity (Wildman–Crippen MR) is 179 cm³/mol. The Bertz CT molecular complexity index is 1370. The van der Waals surface area contributed by atoms with Gasteiger partial charge in [0.05, 0.1) is 12.8 Å². The molecule has 5 amide bonds. The maximum atomic E-state index is 13.6. The molecular weight excluding hydrogens is 604 g/mol. The summed E-state index contributed by atoms with van der Waals surface area (Å²) in [5.41, 5.74) is 7.18. The first-order valence-corrected chi connectivity index (χ1v) is 16.6. The lowest BCUT2D eigenvalue weighted by atomic mass is 10.0. The third-order valence-electron chi connectivity index (χ3n) is 7.72. The largest absolute Gasteiger partial charge is 0.481 e. The van der Waals surface area contributed by atoms with Crippen molar-refractivity contribution >= 4 is 46.4 Å². The molecule has 1 aromatic carbocycles. The van der Waals surface area contributed by atoms with Gasteiger partial charge in [-0.2, -0.15) is 0 Å². The minimum absolute atomic E-state index is 0.0969. The van der Waals surface area contributed by atoms with E-state index in [0.29, 0.717) is 0 Å². The van der Waals surface area contributed by atoms with E-state index in [2.05, 4.69) is 32.8 Å². The number of para-hydroxylation sites is 1. The van der Waals surface area contributed by atoms with Gasteiger partial charge in [0.25, 0.3) is 0 Å². The van der Waals surface area contributed by atoms with Gasteiger partial charge in [-0.1, -0.05) is 70.1 Å². The lowest BCUT2D eigenvalue weighted by Gasteiger charge is -2.24. The number of nitrogens with one attached hydrogen (secondary N) is 4. The van der Waals surface area contributed by atoms with Crippen LogP contribution in [0.2, 0.25) is 0 Å². The molecule has 2 aromatic rings. The standard InChI is InChI=1S/C34H52N6O7/c1-5-6-7-8-9-10-11-14-17-40-21-24(25-15-12-13-16-29(25)40)18-26(37-23(4)41)33(46)38-27(19-30(35)42)34(47)39-28(20-31(43)44)32(45)36-22(2)3/h12-13,15-16,21-22,26-28H,5-11,14,17-20H2,1-4H3,(H2,35,42)(H,36,45)(H,37,41)(H,38,46)(H,39,47)(H,43,44). The second-order valence-electron chi connectivity index (χ2n) is 12.4. The maximum absolute atomic E-state index is 13.6. The van der Waals surface area contributed by atoms with Crippen LogP contribution in [-0.2, 0) is 41.7 Å². The molecule has 0 saturated carbocycles. The number of aromatic nitrogens is 1. The number of primary amides is 1. The number of hydrogen-bond donors (Lipinski definition) is 6. The summed E-state index contributed by atoms with van der Waals surface area (Å²) < 4.78 is 2.15. The summed E-state index contributed by atoms with van der Waals surface area (Å²) in [6.07, 6.45) is 10.3. The van der Waals surface area contributed by atoms with Crippen molar-refractivity contribution in [1.29, 1.82) is 0 Å². The van der Waals surface area contributed by atoms with E-state index in [0.717, 1.165) is 35.9 Å². The molecule has 3 atom stereocenters. The smallest absolute Gasteiger partial charge is 0.305 e. The zero-order chi connectivity index (χ0) is 34.9. The van der Waals surface area contributed by atoms with Crippen molar-refractivity contribution in [3.05, 3.63) is 36.0 Å². The van der Waals surface area contributed by atoms with Gasteiger partial charge in [0.15, 0.2) is 0 Å². The number of nitrogens with zero attached hydrogens (tertiary/aromatic N) is 1. The van der Waals surface area contributed by atoms with Gasteiger partial charge in [-0.3, -0.25) is 28.8 Å². The molecule has 0 aliphatic rings. The summed E-state index contributed by atoms with van der Waals surface area (Å²) in [5, 5.41) is 20.2. The number of carbonyl (C=O) groups excluding carboxylic acids is 5. The number of hydrogen-bond acceptors (Lipinski definition) is 6. The molecule has 0 bridgehead atoms. The molecule has 1 aromatic heterocycles. The molecular formula is C34H52N6O7. The van der Waals surface area contributed by atoms with Gasteiger partial charge in [-0.15, -0.1) is 0 Å². The molecule has 13 heteroatoms. The number of aliphatic carboxylic acids is 1. The quantitative estimate of drug-likeness (QED) is 0.105. The van der Waals surface area contributed by atoms with Crippen LogP contribution in [0.25, 0.3) is 10.9 Å². The van der Waals surface area contributed by atoms with Gasteiger partial charge in [0, 0.05) is 43.0 Å². The zero-order valence-electron chi connectivity index (χ0n) is 28.1. The highest BCUT2D eigenvalue weighted by Gasteiger charge is 2.32. The molecule has 7 N–H and O–H groups in total. The Morgan fingerprint density at radius 1 is 0.766 bits per heavy atom. The molecule has 0 radical (unpaired) electrons. The van der Waals surface area contributed by atoms with E-state index in [1.807, 2.05) is 30.5 Å². The summed E-state index contributed by atoms with van der Waals surface area (Å²) in [4.78, 5) is 74.7. The Kier molecular flexibility index (Phi) is 16.5. The molecule has 0 aliphatic carbocycles. The SMILES string of the molecule is CCCCCCCCCCn1cc(CC(NC(C)=O)C(=O)NC(CC(N)=O)C(=O)NC(CC(=O)O)C(=O)NC(C)C)c2ccccc21. The van der Waals surface area contributed by atoms with E-state index in [-0.39, 0.29) is 12.5 Å². The summed E-state index contributed by atoms with van der Waals surface area (Å²) in [5.74, 6) is -5.17. The monoisotopic (exact) mass is 656 g/mol. The van der Waals surface area contributed by atoms with Gasteiger partial charge in [0.2, 0.25) is 29.5 Å². The third-order valence-corrected chi connectivity index (χ3v) is 7.72. The Hall–Kier alpha value is -4.42. The van der Waals surface area contributed by atoms with Gasteiger partial charge in [-0.25, -0.2) is 0 Å². The fourth-order valence-electron chi connectivity index (χ4n) is 5.49. The first-order chi connectivity index (χ1) is 22.3. The molecule has 2 rings (SSSR count). The Morgan fingerprint density at radius 3 is 1.89 bits per heavy atom. The van der Waals surface area contributed by atoms with E-state index in [1.165, 1.54) is 45.4 Å². The van der Waals surface area contributed by atoms with Crippen LogP contribution in [-0.4, -0.2) is 69.3 Å². The van der Waals surface area contributed by atoms with E-state index in [4.69, 9.17) is 5.73 Å². The van der Waals surface area contributed by atoms with Gasteiger partial charge in [-0.05, 0) is 31.9 Å². The van der Waals surface area contributed by atoms with Crippen molar-refractivity contribution in [2.45, 2.75) is 129 Å². The summed E-state index contributed by atoms with van der Waals surface area (Å²) in [7, 11) is 0. The van der Waals surface area contributed by atoms with Crippen molar-refractivity contribution in [2.75, 3.05) is 0 Å². The minimum atomic E-state index is -1.53.